The summed E-state index contributed by atoms with van der Waals surface area (Å²) >= 11 is 0. The number of amides is 2. The minimum atomic E-state index is -0.569. The number of carbonyl (C=O) groups is 1. The fourth-order valence-corrected chi connectivity index (χ4v) is 2.66. The van der Waals surface area contributed by atoms with Crippen molar-refractivity contribution >= 4 is 11.7 Å². The minimum Gasteiger partial charge on any atom is -0.336 e. The van der Waals surface area contributed by atoms with Crippen LogP contribution in [0, 0.1) is 12.7 Å². The van der Waals surface area contributed by atoms with Crippen LogP contribution >= 0.6 is 0 Å². The van der Waals surface area contributed by atoms with Gasteiger partial charge >= 0.3 is 6.03 Å². The van der Waals surface area contributed by atoms with Crippen LogP contribution in [0.4, 0.5) is 14.9 Å². The molecule has 0 aliphatic carbocycles. The lowest BCUT2D eigenvalue weighted by atomic mass is 10.1. The molecule has 0 spiro atoms. The number of hydrogen-bond acceptors (Lipinski definition) is 2. The molecule has 0 radical (unpaired) electrons. The number of hydrogen-bond donors (Lipinski definition) is 2. The second kappa shape index (κ2) is 7.17. The van der Waals surface area contributed by atoms with Gasteiger partial charge in [0, 0.05) is 25.1 Å². The highest BCUT2D eigenvalue weighted by Crippen LogP contribution is 2.21. The first-order valence-corrected chi connectivity index (χ1v) is 7.90. The molecule has 0 bridgehead atoms. The average molecular weight is 338 g/mol. The molecule has 3 aromatic rings. The molecule has 2 aromatic carbocycles. The first kappa shape index (κ1) is 16.7. The Labute approximate surface area is 145 Å². The number of imidazole rings is 1. The van der Waals surface area contributed by atoms with Gasteiger partial charge in [-0.2, -0.15) is 0 Å². The standard InChI is InChI=1S/C19H19FN4O/c1-13-5-3-8-16(11-13)22-19(25)23-17(18-21-9-10-24(18)2)14-6-4-7-15(20)12-14/h3-12,17H,1-2H3,(H2,22,23,25)/t17-/m0/s1. The van der Waals surface area contributed by atoms with Gasteiger partial charge in [-0.05, 0) is 42.3 Å². The van der Waals surface area contributed by atoms with Crippen molar-refractivity contribution in [2.45, 2.75) is 13.0 Å². The number of anilines is 1. The van der Waals surface area contributed by atoms with Gasteiger partial charge in [0.2, 0.25) is 0 Å². The summed E-state index contributed by atoms with van der Waals surface area (Å²) in [4.78, 5) is 16.7. The molecular weight excluding hydrogens is 319 g/mol. The van der Waals surface area contributed by atoms with E-state index in [1.54, 1.807) is 29.1 Å². The summed E-state index contributed by atoms with van der Waals surface area (Å²) in [7, 11) is 1.83. The Hall–Kier alpha value is -3.15. The molecule has 0 aliphatic heterocycles. The molecule has 1 aromatic heterocycles. The van der Waals surface area contributed by atoms with Crippen LogP contribution < -0.4 is 10.6 Å². The Morgan fingerprint density at radius 2 is 2.00 bits per heavy atom. The zero-order valence-corrected chi connectivity index (χ0v) is 14.0. The van der Waals surface area contributed by atoms with Gasteiger partial charge in [-0.1, -0.05) is 24.3 Å². The predicted molar refractivity (Wildman–Crippen MR) is 94.8 cm³/mol. The van der Waals surface area contributed by atoms with E-state index in [2.05, 4.69) is 15.6 Å². The summed E-state index contributed by atoms with van der Waals surface area (Å²) in [6.07, 6.45) is 3.42. The van der Waals surface area contributed by atoms with Gasteiger partial charge in [0.25, 0.3) is 0 Å². The molecule has 0 fully saturated rings. The number of halogens is 1. The summed E-state index contributed by atoms with van der Waals surface area (Å²) in [5.74, 6) is 0.252. The fourth-order valence-electron chi connectivity index (χ4n) is 2.66. The maximum Gasteiger partial charge on any atom is 0.320 e. The third-order valence-electron chi connectivity index (χ3n) is 3.85. The van der Waals surface area contributed by atoms with Gasteiger partial charge in [0.1, 0.15) is 17.7 Å². The van der Waals surface area contributed by atoms with Crippen molar-refractivity contribution in [2.75, 3.05) is 5.32 Å². The highest BCUT2D eigenvalue weighted by atomic mass is 19.1. The van der Waals surface area contributed by atoms with Gasteiger partial charge < -0.3 is 15.2 Å². The van der Waals surface area contributed by atoms with Crippen LogP contribution in [0.25, 0.3) is 0 Å². The molecular formula is C19H19FN4O. The first-order chi connectivity index (χ1) is 12.0. The SMILES string of the molecule is Cc1cccc(NC(=O)N[C@@H](c2cccc(F)c2)c2nccn2C)c1. The quantitative estimate of drug-likeness (QED) is 0.760. The van der Waals surface area contributed by atoms with E-state index in [9.17, 15) is 9.18 Å². The molecule has 128 valence electrons. The fraction of sp³-hybridized carbons (Fsp3) is 0.158. The Kier molecular flexibility index (Phi) is 4.79. The Morgan fingerprint density at radius 1 is 1.20 bits per heavy atom. The summed E-state index contributed by atoms with van der Waals surface area (Å²) in [6, 6.07) is 12.7. The Balaban J connectivity index is 1.85. The molecule has 0 saturated carbocycles. The average Bonchev–Trinajstić information content (AvgIpc) is 2.98. The van der Waals surface area contributed by atoms with Gasteiger partial charge in [0.15, 0.2) is 0 Å². The van der Waals surface area contributed by atoms with Crippen LogP contribution in [0.5, 0.6) is 0 Å². The third kappa shape index (κ3) is 4.03. The van der Waals surface area contributed by atoms with Crippen LogP contribution in [0.3, 0.4) is 0 Å². The maximum absolute atomic E-state index is 13.6. The highest BCUT2D eigenvalue weighted by molar-refractivity contribution is 5.89. The monoisotopic (exact) mass is 338 g/mol. The van der Waals surface area contributed by atoms with Gasteiger partial charge in [-0.25, -0.2) is 14.2 Å². The number of nitrogens with one attached hydrogen (secondary N) is 2. The molecule has 25 heavy (non-hydrogen) atoms. The van der Waals surface area contributed by atoms with Crippen molar-refractivity contribution in [1.29, 1.82) is 0 Å². The van der Waals surface area contributed by atoms with Gasteiger partial charge in [-0.3, -0.25) is 0 Å². The van der Waals surface area contributed by atoms with E-state index in [1.807, 2.05) is 38.2 Å². The van der Waals surface area contributed by atoms with E-state index in [1.165, 1.54) is 12.1 Å². The Bertz CT molecular complexity index is 890. The number of benzene rings is 2. The highest BCUT2D eigenvalue weighted by Gasteiger charge is 2.21. The second-order valence-electron chi connectivity index (χ2n) is 5.85. The van der Waals surface area contributed by atoms with Crippen molar-refractivity contribution in [3.05, 3.63) is 83.7 Å². The lowest BCUT2D eigenvalue weighted by Gasteiger charge is -2.19. The smallest absolute Gasteiger partial charge is 0.320 e. The Morgan fingerprint density at radius 3 is 2.68 bits per heavy atom. The van der Waals surface area contributed by atoms with E-state index in [0.29, 0.717) is 17.1 Å². The lowest BCUT2D eigenvalue weighted by molar-refractivity contribution is 0.249. The van der Waals surface area contributed by atoms with E-state index < -0.39 is 6.04 Å². The minimum absolute atomic E-state index is 0.363. The lowest BCUT2D eigenvalue weighted by Crippen LogP contribution is -2.34. The van der Waals surface area contributed by atoms with Crippen molar-refractivity contribution < 1.29 is 9.18 Å². The van der Waals surface area contributed by atoms with E-state index in [0.717, 1.165) is 5.56 Å². The summed E-state index contributed by atoms with van der Waals surface area (Å²) in [5, 5.41) is 5.67. The van der Waals surface area contributed by atoms with Crippen molar-refractivity contribution in [3.63, 3.8) is 0 Å². The van der Waals surface area contributed by atoms with E-state index in [4.69, 9.17) is 0 Å². The van der Waals surface area contributed by atoms with Crippen LogP contribution in [0.1, 0.15) is 23.0 Å². The molecule has 6 heteroatoms. The molecule has 0 saturated heterocycles. The second-order valence-corrected chi connectivity index (χ2v) is 5.85. The van der Waals surface area contributed by atoms with Crippen LogP contribution in [-0.2, 0) is 7.05 Å². The zero-order valence-electron chi connectivity index (χ0n) is 14.0. The third-order valence-corrected chi connectivity index (χ3v) is 3.85. The van der Waals surface area contributed by atoms with Crippen molar-refractivity contribution in [3.8, 4) is 0 Å². The predicted octanol–water partition coefficient (Wildman–Crippen LogP) is 3.78. The summed E-state index contributed by atoms with van der Waals surface area (Å²) < 4.78 is 15.4. The number of aryl methyl sites for hydroxylation is 2. The van der Waals surface area contributed by atoms with Crippen LogP contribution in [0.2, 0.25) is 0 Å². The van der Waals surface area contributed by atoms with Crippen LogP contribution in [0.15, 0.2) is 60.9 Å². The maximum atomic E-state index is 13.6. The summed E-state index contributed by atoms with van der Waals surface area (Å²) in [6.45, 7) is 1.95. The van der Waals surface area contributed by atoms with Crippen LogP contribution in [-0.4, -0.2) is 15.6 Å². The van der Waals surface area contributed by atoms with E-state index in [-0.39, 0.29) is 11.8 Å². The number of urea groups is 1. The number of carbonyl (C=O) groups excluding carboxylic acids is 1. The molecule has 3 rings (SSSR count). The van der Waals surface area contributed by atoms with Gasteiger partial charge in [0.05, 0.1) is 0 Å². The molecule has 2 N–H and O–H groups in total. The number of aromatic nitrogens is 2. The molecule has 1 heterocycles. The molecule has 0 aliphatic rings. The van der Waals surface area contributed by atoms with Crippen molar-refractivity contribution in [2.24, 2.45) is 7.05 Å². The number of nitrogens with zero attached hydrogens (tertiary/aromatic N) is 2. The van der Waals surface area contributed by atoms with E-state index >= 15 is 0 Å². The first-order valence-electron chi connectivity index (χ1n) is 7.90. The topological polar surface area (TPSA) is 59.0 Å². The normalized spacial score (nSPS) is 11.8. The molecule has 2 amide bonds. The molecule has 5 nitrogen and oxygen atoms in total. The zero-order chi connectivity index (χ0) is 17.8. The summed E-state index contributed by atoms with van der Waals surface area (Å²) in [5.41, 5.74) is 2.35. The number of rotatable bonds is 4. The van der Waals surface area contributed by atoms with Crippen molar-refractivity contribution in [1.82, 2.24) is 14.9 Å². The largest absolute Gasteiger partial charge is 0.336 e. The molecule has 1 atom stereocenters. The molecule has 0 unspecified atom stereocenters. The van der Waals surface area contributed by atoms with Gasteiger partial charge in [-0.15, -0.1) is 0 Å².